The van der Waals surface area contributed by atoms with Crippen LogP contribution >= 0.6 is 0 Å². The van der Waals surface area contributed by atoms with E-state index in [4.69, 9.17) is 13.8 Å². The lowest BCUT2D eigenvalue weighted by atomic mass is 10.0. The highest BCUT2D eigenvalue weighted by atomic mass is 16.4. The standard InChI is InChI=1S/C43H26N2O2/c1-2-9-27(10-3-1)28-17-19-29(20-18-28)43-44-37-14-5-6-15-38(37)45(43)32-12-8-11-30(25-32)31-21-24-40-36(26-31)35-23-22-34-33-13-4-7-16-39(33)46-41(34)42(35)47-40/h1-26H. The van der Waals surface area contributed by atoms with E-state index in [1.54, 1.807) is 0 Å². The SMILES string of the molecule is c1ccc(-c2ccc(-c3nc4ccccc4n3-c3cccc(-c4ccc5oc6c(ccc7c8ccccc8oc76)c5c4)c3)cc2)cc1. The maximum Gasteiger partial charge on any atom is 0.178 e. The summed E-state index contributed by atoms with van der Waals surface area (Å²) in [5, 5.41) is 4.28. The van der Waals surface area contributed by atoms with Crippen LogP contribution in [-0.2, 0) is 0 Å². The second-order valence-corrected chi connectivity index (χ2v) is 12.0. The van der Waals surface area contributed by atoms with Crippen LogP contribution in [0.5, 0.6) is 0 Å². The molecule has 10 rings (SSSR count). The minimum absolute atomic E-state index is 0.785. The Morgan fingerprint density at radius 1 is 0.404 bits per heavy atom. The van der Waals surface area contributed by atoms with Crippen LogP contribution in [0.2, 0.25) is 0 Å². The lowest BCUT2D eigenvalue weighted by Crippen LogP contribution is -1.98. The van der Waals surface area contributed by atoms with Crippen LogP contribution in [0.4, 0.5) is 0 Å². The van der Waals surface area contributed by atoms with Crippen molar-refractivity contribution >= 4 is 54.9 Å². The Morgan fingerprint density at radius 3 is 1.87 bits per heavy atom. The van der Waals surface area contributed by atoms with Crippen LogP contribution in [0, 0.1) is 0 Å². The number of imidazole rings is 1. The molecule has 220 valence electrons. The van der Waals surface area contributed by atoms with Gasteiger partial charge in [0.2, 0.25) is 0 Å². The van der Waals surface area contributed by atoms with E-state index in [1.165, 1.54) is 11.1 Å². The zero-order chi connectivity index (χ0) is 30.9. The van der Waals surface area contributed by atoms with Gasteiger partial charge in [0.1, 0.15) is 17.0 Å². The van der Waals surface area contributed by atoms with Gasteiger partial charge in [-0.3, -0.25) is 4.57 Å². The van der Waals surface area contributed by atoms with Gasteiger partial charge >= 0.3 is 0 Å². The van der Waals surface area contributed by atoms with Crippen molar-refractivity contribution in [3.8, 4) is 39.3 Å². The van der Waals surface area contributed by atoms with Crippen LogP contribution in [0.3, 0.4) is 0 Å². The summed E-state index contributed by atoms with van der Waals surface area (Å²) in [6.45, 7) is 0. The van der Waals surface area contributed by atoms with Crippen molar-refractivity contribution in [2.24, 2.45) is 0 Å². The molecule has 0 fully saturated rings. The van der Waals surface area contributed by atoms with Crippen molar-refractivity contribution < 1.29 is 8.83 Å². The average Bonchev–Trinajstić information content (AvgIpc) is 3.83. The Hall–Kier alpha value is -6.39. The van der Waals surface area contributed by atoms with Gasteiger partial charge in [0, 0.05) is 32.8 Å². The quantitative estimate of drug-likeness (QED) is 0.201. The molecule has 0 N–H and O–H groups in total. The topological polar surface area (TPSA) is 44.1 Å². The molecule has 3 heterocycles. The molecule has 0 amide bonds. The molecule has 4 nitrogen and oxygen atoms in total. The number of aromatic nitrogens is 2. The van der Waals surface area contributed by atoms with Gasteiger partial charge in [0.05, 0.1) is 11.0 Å². The molecule has 0 aliphatic rings. The monoisotopic (exact) mass is 602 g/mol. The first kappa shape index (κ1) is 25.9. The van der Waals surface area contributed by atoms with Crippen molar-refractivity contribution in [3.63, 3.8) is 0 Å². The molecular weight excluding hydrogens is 576 g/mol. The maximum absolute atomic E-state index is 6.41. The molecule has 47 heavy (non-hydrogen) atoms. The van der Waals surface area contributed by atoms with E-state index in [2.05, 4.69) is 132 Å². The maximum atomic E-state index is 6.41. The van der Waals surface area contributed by atoms with Crippen molar-refractivity contribution in [1.82, 2.24) is 9.55 Å². The third-order valence-electron chi connectivity index (χ3n) is 9.23. The van der Waals surface area contributed by atoms with E-state index >= 15 is 0 Å². The van der Waals surface area contributed by atoms with E-state index in [0.717, 1.165) is 83.1 Å². The molecular formula is C43H26N2O2. The number of benzene rings is 7. The predicted molar refractivity (Wildman–Crippen MR) is 192 cm³/mol. The highest BCUT2D eigenvalue weighted by molar-refractivity contribution is 6.19. The Bertz CT molecular complexity index is 2780. The van der Waals surface area contributed by atoms with Crippen LogP contribution in [0.1, 0.15) is 0 Å². The number of hydrogen-bond donors (Lipinski definition) is 0. The van der Waals surface area contributed by atoms with Crippen molar-refractivity contribution in [2.75, 3.05) is 0 Å². The van der Waals surface area contributed by atoms with Gasteiger partial charge in [-0.25, -0.2) is 4.98 Å². The van der Waals surface area contributed by atoms with Gasteiger partial charge in [-0.1, -0.05) is 103 Å². The van der Waals surface area contributed by atoms with E-state index in [1.807, 2.05) is 30.3 Å². The first-order valence-electron chi connectivity index (χ1n) is 15.8. The third-order valence-corrected chi connectivity index (χ3v) is 9.23. The highest BCUT2D eigenvalue weighted by Gasteiger charge is 2.18. The molecule has 4 heteroatoms. The van der Waals surface area contributed by atoms with Gasteiger partial charge < -0.3 is 8.83 Å². The lowest BCUT2D eigenvalue weighted by molar-refractivity contribution is 0.633. The number of fused-ring (bicyclic) bond motifs is 8. The molecule has 0 radical (unpaired) electrons. The fourth-order valence-electron chi connectivity index (χ4n) is 6.94. The molecule has 0 spiro atoms. The highest BCUT2D eigenvalue weighted by Crippen LogP contribution is 2.40. The zero-order valence-electron chi connectivity index (χ0n) is 25.2. The smallest absolute Gasteiger partial charge is 0.178 e. The number of hydrogen-bond acceptors (Lipinski definition) is 3. The lowest BCUT2D eigenvalue weighted by Gasteiger charge is -2.12. The van der Waals surface area contributed by atoms with E-state index in [0.29, 0.717) is 0 Å². The zero-order valence-corrected chi connectivity index (χ0v) is 25.2. The summed E-state index contributed by atoms with van der Waals surface area (Å²) in [4.78, 5) is 5.11. The summed E-state index contributed by atoms with van der Waals surface area (Å²) in [5.74, 6) is 0.911. The fourth-order valence-corrected chi connectivity index (χ4v) is 6.94. The van der Waals surface area contributed by atoms with Crippen LogP contribution in [0.25, 0.3) is 94.2 Å². The Labute approximate surface area is 269 Å². The number of furan rings is 2. The first-order chi connectivity index (χ1) is 23.3. The summed E-state index contributed by atoms with van der Waals surface area (Å²) < 4.78 is 15.0. The molecule has 0 saturated carbocycles. The van der Waals surface area contributed by atoms with Gasteiger partial charge in [0.25, 0.3) is 0 Å². The fraction of sp³-hybridized carbons (Fsp3) is 0. The molecule has 0 aliphatic heterocycles. The largest absolute Gasteiger partial charge is 0.452 e. The number of nitrogens with zero attached hydrogens (tertiary/aromatic N) is 2. The average molecular weight is 603 g/mol. The molecule has 3 aromatic heterocycles. The summed E-state index contributed by atoms with van der Waals surface area (Å²) >= 11 is 0. The molecule has 7 aromatic carbocycles. The summed E-state index contributed by atoms with van der Waals surface area (Å²) in [5.41, 5.74) is 12.0. The first-order valence-corrected chi connectivity index (χ1v) is 15.8. The van der Waals surface area contributed by atoms with E-state index in [9.17, 15) is 0 Å². The third kappa shape index (κ3) is 4.05. The van der Waals surface area contributed by atoms with Crippen molar-refractivity contribution in [3.05, 3.63) is 158 Å². The minimum Gasteiger partial charge on any atom is -0.452 e. The van der Waals surface area contributed by atoms with Gasteiger partial charge in [0.15, 0.2) is 11.2 Å². The molecule has 10 aromatic rings. The van der Waals surface area contributed by atoms with E-state index in [-0.39, 0.29) is 0 Å². The Morgan fingerprint density at radius 2 is 1.02 bits per heavy atom. The molecule has 0 saturated heterocycles. The van der Waals surface area contributed by atoms with Crippen LogP contribution in [0.15, 0.2) is 167 Å². The van der Waals surface area contributed by atoms with Crippen molar-refractivity contribution in [2.45, 2.75) is 0 Å². The number of rotatable bonds is 4. The summed E-state index contributed by atoms with van der Waals surface area (Å²) in [6, 6.07) is 55.0. The second kappa shape index (κ2) is 10.1. The Balaban J connectivity index is 1.10. The summed E-state index contributed by atoms with van der Waals surface area (Å²) in [7, 11) is 0. The normalized spacial score (nSPS) is 11.8. The van der Waals surface area contributed by atoms with Crippen LogP contribution in [-0.4, -0.2) is 9.55 Å². The van der Waals surface area contributed by atoms with Gasteiger partial charge in [-0.15, -0.1) is 0 Å². The van der Waals surface area contributed by atoms with Gasteiger partial charge in [-0.05, 0) is 76.9 Å². The summed E-state index contributed by atoms with van der Waals surface area (Å²) in [6.07, 6.45) is 0. The van der Waals surface area contributed by atoms with Crippen LogP contribution < -0.4 is 0 Å². The minimum atomic E-state index is 0.785. The predicted octanol–water partition coefficient (Wildman–Crippen LogP) is 11.8. The van der Waals surface area contributed by atoms with E-state index < -0.39 is 0 Å². The number of para-hydroxylation sites is 3. The molecule has 0 atom stereocenters. The Kier molecular flexibility index (Phi) is 5.54. The van der Waals surface area contributed by atoms with Gasteiger partial charge in [-0.2, -0.15) is 0 Å². The van der Waals surface area contributed by atoms with Crippen molar-refractivity contribution in [1.29, 1.82) is 0 Å². The molecule has 0 aliphatic carbocycles. The molecule has 0 bridgehead atoms. The molecule has 0 unspecified atom stereocenters. The second-order valence-electron chi connectivity index (χ2n) is 12.0.